The highest BCUT2D eigenvalue weighted by molar-refractivity contribution is 7.13. The van der Waals surface area contributed by atoms with Gasteiger partial charge in [-0.15, -0.1) is 11.3 Å². The molecule has 20 heavy (non-hydrogen) atoms. The highest BCUT2D eigenvalue weighted by Crippen LogP contribution is 2.22. The van der Waals surface area contributed by atoms with Gasteiger partial charge in [0.2, 0.25) is 5.95 Å². The Hall–Kier alpha value is -2.15. The zero-order chi connectivity index (χ0) is 13.8. The number of urea groups is 1. The number of rotatable bonds is 5. The van der Waals surface area contributed by atoms with E-state index >= 15 is 0 Å². The number of nitrogens with zero attached hydrogens (tertiary/aromatic N) is 3. The molecule has 2 N–H and O–H groups in total. The summed E-state index contributed by atoms with van der Waals surface area (Å²) in [5, 5.41) is 7.95. The molecule has 0 aromatic carbocycles. The number of thiophene rings is 1. The van der Waals surface area contributed by atoms with Crippen LogP contribution in [0.25, 0.3) is 10.6 Å². The van der Waals surface area contributed by atoms with E-state index in [0.717, 1.165) is 23.7 Å². The lowest BCUT2D eigenvalue weighted by atomic mass is 10.3. The van der Waals surface area contributed by atoms with Crippen molar-refractivity contribution in [2.45, 2.75) is 0 Å². The van der Waals surface area contributed by atoms with Crippen molar-refractivity contribution in [3.8, 4) is 10.6 Å². The molecule has 104 valence electrons. The van der Waals surface area contributed by atoms with E-state index in [2.05, 4.69) is 20.6 Å². The zero-order valence-electron chi connectivity index (χ0n) is 10.9. The van der Waals surface area contributed by atoms with Crippen LogP contribution in [0.15, 0.2) is 29.8 Å². The second kappa shape index (κ2) is 5.87. The lowest BCUT2D eigenvalue weighted by Crippen LogP contribution is -2.32. The number of anilines is 1. The second-order valence-electron chi connectivity index (χ2n) is 4.39. The fraction of sp³-hybridized carbons (Fsp3) is 0.308. The van der Waals surface area contributed by atoms with Gasteiger partial charge in [0.05, 0.1) is 10.6 Å². The van der Waals surface area contributed by atoms with Crippen LogP contribution in [0.3, 0.4) is 0 Å². The first-order valence-corrected chi connectivity index (χ1v) is 7.34. The molecule has 1 saturated heterocycles. The Balaban J connectivity index is 1.58. The molecule has 2 aromatic heterocycles. The first-order chi connectivity index (χ1) is 9.83. The van der Waals surface area contributed by atoms with Gasteiger partial charge in [0.1, 0.15) is 0 Å². The third kappa shape index (κ3) is 2.88. The predicted molar refractivity (Wildman–Crippen MR) is 78.8 cm³/mol. The molecule has 0 unspecified atom stereocenters. The average molecular weight is 289 g/mol. The molecular formula is C13H15N5OS. The van der Waals surface area contributed by atoms with E-state index in [1.54, 1.807) is 22.4 Å². The lowest BCUT2D eigenvalue weighted by Gasteiger charge is -2.14. The Labute approximate surface area is 120 Å². The van der Waals surface area contributed by atoms with Crippen molar-refractivity contribution in [2.75, 3.05) is 31.5 Å². The van der Waals surface area contributed by atoms with Gasteiger partial charge in [0, 0.05) is 32.4 Å². The molecule has 0 aliphatic carbocycles. The quantitative estimate of drug-likeness (QED) is 0.878. The van der Waals surface area contributed by atoms with Crippen LogP contribution in [0.2, 0.25) is 0 Å². The van der Waals surface area contributed by atoms with Gasteiger partial charge < -0.3 is 15.5 Å². The van der Waals surface area contributed by atoms with Crippen molar-refractivity contribution in [1.82, 2.24) is 20.2 Å². The van der Waals surface area contributed by atoms with E-state index in [0.29, 0.717) is 19.0 Å². The second-order valence-corrected chi connectivity index (χ2v) is 5.34. The van der Waals surface area contributed by atoms with E-state index in [4.69, 9.17) is 0 Å². The molecule has 0 radical (unpaired) electrons. The van der Waals surface area contributed by atoms with E-state index in [-0.39, 0.29) is 6.03 Å². The number of hydrogen-bond donors (Lipinski definition) is 2. The Morgan fingerprint density at radius 3 is 3.15 bits per heavy atom. The first-order valence-electron chi connectivity index (χ1n) is 6.46. The van der Waals surface area contributed by atoms with Crippen LogP contribution in [0.1, 0.15) is 0 Å². The molecule has 6 nitrogen and oxygen atoms in total. The standard InChI is InChI=1S/C13H15N5OS/c19-13-16-6-8-18(13)7-5-15-12-14-4-3-10(17-12)11-2-1-9-20-11/h1-4,9H,5-8H2,(H,16,19)(H,14,15,17). The van der Waals surface area contributed by atoms with Gasteiger partial charge >= 0.3 is 6.03 Å². The molecule has 7 heteroatoms. The van der Waals surface area contributed by atoms with Gasteiger partial charge in [-0.3, -0.25) is 0 Å². The summed E-state index contributed by atoms with van der Waals surface area (Å²) in [4.78, 5) is 22.9. The molecule has 1 aliphatic rings. The van der Waals surface area contributed by atoms with Crippen LogP contribution >= 0.6 is 11.3 Å². The lowest BCUT2D eigenvalue weighted by molar-refractivity contribution is 0.219. The molecule has 1 fully saturated rings. The minimum Gasteiger partial charge on any atom is -0.352 e. The van der Waals surface area contributed by atoms with E-state index in [1.807, 2.05) is 23.6 Å². The van der Waals surface area contributed by atoms with Crippen molar-refractivity contribution in [3.05, 3.63) is 29.8 Å². The topological polar surface area (TPSA) is 70.2 Å². The molecule has 3 rings (SSSR count). The van der Waals surface area contributed by atoms with Crippen molar-refractivity contribution in [3.63, 3.8) is 0 Å². The Bertz CT molecular complexity index is 586. The normalized spacial score (nSPS) is 14.4. The smallest absolute Gasteiger partial charge is 0.317 e. The number of carbonyl (C=O) groups is 1. The van der Waals surface area contributed by atoms with Crippen molar-refractivity contribution in [1.29, 1.82) is 0 Å². The molecule has 0 saturated carbocycles. The summed E-state index contributed by atoms with van der Waals surface area (Å²) in [6.45, 7) is 2.78. The fourth-order valence-electron chi connectivity index (χ4n) is 2.03. The van der Waals surface area contributed by atoms with E-state index in [1.165, 1.54) is 0 Å². The summed E-state index contributed by atoms with van der Waals surface area (Å²) in [5.74, 6) is 0.593. The maximum atomic E-state index is 11.4. The number of hydrogen-bond acceptors (Lipinski definition) is 5. The molecule has 2 amide bonds. The monoisotopic (exact) mass is 289 g/mol. The third-order valence-corrected chi connectivity index (χ3v) is 3.93. The summed E-state index contributed by atoms with van der Waals surface area (Å²) < 4.78 is 0. The maximum absolute atomic E-state index is 11.4. The van der Waals surface area contributed by atoms with Crippen LogP contribution in [-0.2, 0) is 0 Å². The van der Waals surface area contributed by atoms with Crippen LogP contribution in [-0.4, -0.2) is 47.1 Å². The predicted octanol–water partition coefficient (Wildman–Crippen LogP) is 1.64. The number of carbonyl (C=O) groups excluding carboxylic acids is 1. The highest BCUT2D eigenvalue weighted by Gasteiger charge is 2.18. The highest BCUT2D eigenvalue weighted by atomic mass is 32.1. The van der Waals surface area contributed by atoms with E-state index < -0.39 is 0 Å². The van der Waals surface area contributed by atoms with Crippen LogP contribution in [0.5, 0.6) is 0 Å². The minimum absolute atomic E-state index is 0.0000506. The molecule has 2 aromatic rings. The van der Waals surface area contributed by atoms with Gasteiger partial charge in [-0.05, 0) is 17.5 Å². The largest absolute Gasteiger partial charge is 0.352 e. The van der Waals surface area contributed by atoms with Gasteiger partial charge in [0.15, 0.2) is 0 Å². The summed E-state index contributed by atoms with van der Waals surface area (Å²) >= 11 is 1.65. The summed E-state index contributed by atoms with van der Waals surface area (Å²) in [6.07, 6.45) is 1.74. The molecule has 3 heterocycles. The van der Waals surface area contributed by atoms with Crippen LogP contribution < -0.4 is 10.6 Å². The van der Waals surface area contributed by atoms with Crippen molar-refractivity contribution in [2.24, 2.45) is 0 Å². The van der Waals surface area contributed by atoms with Crippen LogP contribution in [0.4, 0.5) is 10.7 Å². The minimum atomic E-state index is 0.0000506. The van der Waals surface area contributed by atoms with Gasteiger partial charge in [0.25, 0.3) is 0 Å². The summed E-state index contributed by atoms with van der Waals surface area (Å²) in [7, 11) is 0. The molecule has 0 spiro atoms. The molecule has 0 atom stereocenters. The third-order valence-electron chi connectivity index (χ3n) is 3.04. The Kier molecular flexibility index (Phi) is 3.78. The van der Waals surface area contributed by atoms with Crippen molar-refractivity contribution >= 4 is 23.3 Å². The SMILES string of the molecule is O=C1NCCN1CCNc1nccc(-c2cccs2)n1. The Morgan fingerprint density at radius 1 is 1.45 bits per heavy atom. The van der Waals surface area contributed by atoms with Gasteiger partial charge in [-0.1, -0.05) is 6.07 Å². The number of amides is 2. The summed E-state index contributed by atoms with van der Waals surface area (Å²) in [5.41, 5.74) is 0.913. The first kappa shape index (κ1) is 12.9. The van der Waals surface area contributed by atoms with Crippen molar-refractivity contribution < 1.29 is 4.79 Å². The van der Waals surface area contributed by atoms with Gasteiger partial charge in [-0.2, -0.15) is 0 Å². The fourth-order valence-corrected chi connectivity index (χ4v) is 2.73. The number of nitrogens with one attached hydrogen (secondary N) is 2. The summed E-state index contributed by atoms with van der Waals surface area (Å²) in [6, 6.07) is 5.93. The van der Waals surface area contributed by atoms with Gasteiger partial charge in [-0.25, -0.2) is 14.8 Å². The van der Waals surface area contributed by atoms with Crippen LogP contribution in [0, 0.1) is 0 Å². The maximum Gasteiger partial charge on any atom is 0.317 e. The number of aromatic nitrogens is 2. The Morgan fingerprint density at radius 2 is 2.40 bits per heavy atom. The van der Waals surface area contributed by atoms with E-state index in [9.17, 15) is 4.79 Å². The molecular weight excluding hydrogens is 274 g/mol. The zero-order valence-corrected chi connectivity index (χ0v) is 11.7. The average Bonchev–Trinajstić information content (AvgIpc) is 3.12. The molecule has 1 aliphatic heterocycles. The molecule has 0 bridgehead atoms.